The number of benzene rings is 1. The van der Waals surface area contributed by atoms with Crippen LogP contribution in [0.15, 0.2) is 39.8 Å². The summed E-state index contributed by atoms with van der Waals surface area (Å²) in [5.74, 6) is 5.11. The summed E-state index contributed by atoms with van der Waals surface area (Å²) in [4.78, 5) is 4.56. The quantitative estimate of drug-likeness (QED) is 0.240. The lowest BCUT2D eigenvalue weighted by atomic mass is 10.1. The fraction of sp³-hybridized carbons (Fsp3) is 0.429. The van der Waals surface area contributed by atoms with Crippen molar-refractivity contribution in [3.8, 4) is 18.1 Å². The Morgan fingerprint density at radius 3 is 2.64 bits per heavy atom. The minimum atomic E-state index is 0. The molecule has 7 heteroatoms. The summed E-state index contributed by atoms with van der Waals surface area (Å²) in [6.45, 7) is 8.51. The first-order valence-corrected chi connectivity index (χ1v) is 9.25. The number of ether oxygens (including phenoxy) is 1. The average Bonchev–Trinajstić information content (AvgIpc) is 3.15. The van der Waals surface area contributed by atoms with Gasteiger partial charge in [0.2, 0.25) is 0 Å². The van der Waals surface area contributed by atoms with Crippen LogP contribution in [0, 0.1) is 12.3 Å². The third-order valence-corrected chi connectivity index (χ3v) is 3.86. The topological polar surface area (TPSA) is 71.7 Å². The van der Waals surface area contributed by atoms with E-state index in [4.69, 9.17) is 15.7 Å². The van der Waals surface area contributed by atoms with E-state index < -0.39 is 0 Å². The SMILES string of the molecule is C#CCOc1ccc(CCNC(=NCc2cc(C(C)C)no2)NCC)cc1.I. The number of hydrogen-bond donors (Lipinski definition) is 2. The zero-order chi connectivity index (χ0) is 19.5. The Kier molecular flexibility index (Phi) is 11.1. The molecule has 0 aliphatic heterocycles. The Balaban J connectivity index is 0.00000392. The van der Waals surface area contributed by atoms with E-state index in [-0.39, 0.29) is 30.6 Å². The Bertz CT molecular complexity index is 763. The molecule has 2 N–H and O–H groups in total. The molecule has 0 aliphatic rings. The zero-order valence-electron chi connectivity index (χ0n) is 16.7. The van der Waals surface area contributed by atoms with E-state index in [0.29, 0.717) is 12.5 Å². The first-order valence-electron chi connectivity index (χ1n) is 9.25. The van der Waals surface area contributed by atoms with Crippen LogP contribution in [0.2, 0.25) is 0 Å². The van der Waals surface area contributed by atoms with Crippen molar-refractivity contribution in [3.05, 3.63) is 47.3 Å². The fourth-order valence-electron chi connectivity index (χ4n) is 2.38. The van der Waals surface area contributed by atoms with Crippen molar-refractivity contribution in [2.75, 3.05) is 19.7 Å². The van der Waals surface area contributed by atoms with Gasteiger partial charge in [0.1, 0.15) is 18.9 Å². The highest BCUT2D eigenvalue weighted by atomic mass is 127. The predicted octanol–water partition coefficient (Wildman–Crippen LogP) is 3.73. The molecule has 0 atom stereocenters. The van der Waals surface area contributed by atoms with Gasteiger partial charge in [-0.15, -0.1) is 30.4 Å². The summed E-state index contributed by atoms with van der Waals surface area (Å²) in [5.41, 5.74) is 2.16. The van der Waals surface area contributed by atoms with Crippen molar-refractivity contribution in [1.29, 1.82) is 0 Å². The average molecular weight is 496 g/mol. The number of terminal acetylenes is 1. The molecule has 0 aliphatic carbocycles. The molecule has 6 nitrogen and oxygen atoms in total. The van der Waals surface area contributed by atoms with Gasteiger partial charge in [-0.3, -0.25) is 0 Å². The van der Waals surface area contributed by atoms with E-state index in [1.807, 2.05) is 37.3 Å². The number of halogens is 1. The molecule has 1 aromatic heterocycles. The second-order valence-electron chi connectivity index (χ2n) is 6.38. The maximum absolute atomic E-state index is 5.38. The van der Waals surface area contributed by atoms with E-state index in [0.717, 1.165) is 42.7 Å². The second-order valence-corrected chi connectivity index (χ2v) is 6.38. The van der Waals surface area contributed by atoms with E-state index in [1.165, 1.54) is 5.56 Å². The molecule has 0 bridgehead atoms. The molecule has 0 fully saturated rings. The molecule has 0 radical (unpaired) electrons. The van der Waals surface area contributed by atoms with Crippen LogP contribution < -0.4 is 15.4 Å². The molecule has 1 heterocycles. The smallest absolute Gasteiger partial charge is 0.191 e. The molecule has 0 saturated heterocycles. The van der Waals surface area contributed by atoms with Crippen molar-refractivity contribution >= 4 is 29.9 Å². The van der Waals surface area contributed by atoms with Gasteiger partial charge in [-0.1, -0.05) is 37.1 Å². The third kappa shape index (κ3) is 8.21. The summed E-state index contributed by atoms with van der Waals surface area (Å²) < 4.78 is 10.7. The first kappa shape index (κ1) is 23.8. The number of nitrogens with zero attached hydrogens (tertiary/aromatic N) is 2. The second kappa shape index (κ2) is 13.0. The minimum absolute atomic E-state index is 0. The Hall–Kier alpha value is -2.21. The molecule has 0 spiro atoms. The third-order valence-electron chi connectivity index (χ3n) is 3.86. The van der Waals surface area contributed by atoms with Gasteiger partial charge in [-0.2, -0.15) is 0 Å². The molecular formula is C21H29IN4O2. The highest BCUT2D eigenvalue weighted by molar-refractivity contribution is 14.0. The van der Waals surface area contributed by atoms with Gasteiger partial charge in [0.05, 0.1) is 5.69 Å². The lowest BCUT2D eigenvalue weighted by Crippen LogP contribution is -2.38. The molecule has 28 heavy (non-hydrogen) atoms. The number of rotatable bonds is 9. The molecule has 2 aromatic rings. The highest BCUT2D eigenvalue weighted by Crippen LogP contribution is 2.14. The molecule has 2 rings (SSSR count). The molecule has 1 aromatic carbocycles. The van der Waals surface area contributed by atoms with E-state index in [2.05, 4.69) is 40.6 Å². The molecule has 0 saturated carbocycles. The van der Waals surface area contributed by atoms with Gasteiger partial charge in [0, 0.05) is 19.2 Å². The number of aliphatic imine (C=N–C) groups is 1. The maximum Gasteiger partial charge on any atom is 0.191 e. The van der Waals surface area contributed by atoms with Crippen molar-refractivity contribution in [2.45, 2.75) is 39.7 Å². The van der Waals surface area contributed by atoms with E-state index >= 15 is 0 Å². The number of nitrogens with one attached hydrogen (secondary N) is 2. The summed E-state index contributed by atoms with van der Waals surface area (Å²) in [6.07, 6.45) is 6.07. The van der Waals surface area contributed by atoms with Crippen molar-refractivity contribution in [3.63, 3.8) is 0 Å². The zero-order valence-corrected chi connectivity index (χ0v) is 19.0. The van der Waals surface area contributed by atoms with Gasteiger partial charge in [-0.25, -0.2) is 4.99 Å². The van der Waals surface area contributed by atoms with E-state index in [1.54, 1.807) is 0 Å². The standard InChI is InChI=1S/C21H28N4O2.HI/c1-5-13-26-18-9-7-17(8-10-18)11-12-23-21(22-6-2)24-15-19-14-20(16(3)4)25-27-19;/h1,7-10,14,16H,6,11-13,15H2,2-4H3,(H2,22,23,24);1H. The molecule has 0 amide bonds. The van der Waals surface area contributed by atoms with Crippen LogP contribution in [0.1, 0.15) is 43.7 Å². The Morgan fingerprint density at radius 1 is 1.29 bits per heavy atom. The van der Waals surface area contributed by atoms with Gasteiger partial charge in [-0.05, 0) is 37.0 Å². The van der Waals surface area contributed by atoms with Crippen LogP contribution in [0.4, 0.5) is 0 Å². The number of hydrogen-bond acceptors (Lipinski definition) is 4. The number of aromatic nitrogens is 1. The minimum Gasteiger partial charge on any atom is -0.481 e. The predicted molar refractivity (Wildman–Crippen MR) is 123 cm³/mol. The Morgan fingerprint density at radius 2 is 2.04 bits per heavy atom. The van der Waals surface area contributed by atoms with Crippen molar-refractivity contribution in [2.24, 2.45) is 4.99 Å². The fourth-order valence-corrected chi connectivity index (χ4v) is 2.38. The van der Waals surface area contributed by atoms with E-state index in [9.17, 15) is 0 Å². The number of guanidine groups is 1. The van der Waals surface area contributed by atoms with Crippen molar-refractivity contribution in [1.82, 2.24) is 15.8 Å². The molecule has 152 valence electrons. The van der Waals surface area contributed by atoms with Crippen LogP contribution in [-0.2, 0) is 13.0 Å². The normalized spacial score (nSPS) is 10.9. The Labute approximate surface area is 184 Å². The molecular weight excluding hydrogens is 467 g/mol. The van der Waals surface area contributed by atoms with Gasteiger partial charge < -0.3 is 19.9 Å². The van der Waals surface area contributed by atoms with Gasteiger partial charge >= 0.3 is 0 Å². The summed E-state index contributed by atoms with van der Waals surface area (Å²) >= 11 is 0. The van der Waals surface area contributed by atoms with Gasteiger partial charge in [0.25, 0.3) is 0 Å². The summed E-state index contributed by atoms with van der Waals surface area (Å²) in [6, 6.07) is 9.91. The van der Waals surface area contributed by atoms with Crippen molar-refractivity contribution < 1.29 is 9.26 Å². The monoisotopic (exact) mass is 496 g/mol. The van der Waals surface area contributed by atoms with Crippen LogP contribution in [-0.4, -0.2) is 30.8 Å². The largest absolute Gasteiger partial charge is 0.481 e. The summed E-state index contributed by atoms with van der Waals surface area (Å²) in [7, 11) is 0. The van der Waals surface area contributed by atoms with Crippen LogP contribution in [0.25, 0.3) is 0 Å². The maximum atomic E-state index is 5.38. The summed E-state index contributed by atoms with van der Waals surface area (Å²) in [5, 5.41) is 10.6. The van der Waals surface area contributed by atoms with Crippen LogP contribution >= 0.6 is 24.0 Å². The highest BCUT2D eigenvalue weighted by Gasteiger charge is 2.07. The van der Waals surface area contributed by atoms with Gasteiger partial charge in [0.15, 0.2) is 11.7 Å². The lowest BCUT2D eigenvalue weighted by molar-refractivity contribution is 0.370. The molecule has 0 unspecified atom stereocenters. The first-order chi connectivity index (χ1) is 13.1. The lowest BCUT2D eigenvalue weighted by Gasteiger charge is -2.11. The van der Waals surface area contributed by atoms with Crippen LogP contribution in [0.3, 0.4) is 0 Å². The van der Waals surface area contributed by atoms with Crippen LogP contribution in [0.5, 0.6) is 5.75 Å².